The summed E-state index contributed by atoms with van der Waals surface area (Å²) in [6.45, 7) is 0. The number of carbonyl (C=O) groups is 1. The molecule has 0 saturated carbocycles. The van der Waals surface area contributed by atoms with Crippen LogP contribution in [0.1, 0.15) is 10.4 Å². The van der Waals surface area contributed by atoms with Gasteiger partial charge < -0.3 is 5.11 Å². The van der Waals surface area contributed by atoms with Gasteiger partial charge in [0.15, 0.2) is 0 Å². The Balaban J connectivity index is 2.56. The van der Waals surface area contributed by atoms with Crippen molar-refractivity contribution in [3.8, 4) is 11.1 Å². The summed E-state index contributed by atoms with van der Waals surface area (Å²) < 4.78 is 14.4. The van der Waals surface area contributed by atoms with Crippen molar-refractivity contribution in [3.05, 3.63) is 58.3 Å². The first-order chi connectivity index (χ1) is 8.08. The molecule has 0 saturated heterocycles. The van der Waals surface area contributed by atoms with Gasteiger partial charge >= 0.3 is 5.97 Å². The Morgan fingerprint density at radius 3 is 2.65 bits per heavy atom. The van der Waals surface area contributed by atoms with E-state index in [0.29, 0.717) is 11.1 Å². The average molecular weight is 295 g/mol. The summed E-state index contributed by atoms with van der Waals surface area (Å²) in [7, 11) is 0. The van der Waals surface area contributed by atoms with Gasteiger partial charge in [0.1, 0.15) is 5.82 Å². The van der Waals surface area contributed by atoms with Crippen molar-refractivity contribution >= 4 is 21.9 Å². The normalized spacial score (nSPS) is 10.2. The van der Waals surface area contributed by atoms with E-state index in [9.17, 15) is 9.18 Å². The van der Waals surface area contributed by atoms with Gasteiger partial charge in [-0.05, 0) is 35.9 Å². The molecular weight excluding hydrogens is 287 g/mol. The van der Waals surface area contributed by atoms with E-state index in [1.807, 2.05) is 0 Å². The SMILES string of the molecule is O=C(O)c1cccc(-c2cc(Br)ccc2F)c1. The number of carboxylic acids is 1. The molecule has 17 heavy (non-hydrogen) atoms. The number of carboxylic acid groups (broad SMARTS) is 1. The maximum Gasteiger partial charge on any atom is 0.335 e. The topological polar surface area (TPSA) is 37.3 Å². The van der Waals surface area contributed by atoms with Gasteiger partial charge in [-0.3, -0.25) is 0 Å². The molecule has 0 aliphatic carbocycles. The molecule has 0 aromatic heterocycles. The molecule has 0 bridgehead atoms. The van der Waals surface area contributed by atoms with Gasteiger partial charge in [-0.1, -0.05) is 28.1 Å². The summed E-state index contributed by atoms with van der Waals surface area (Å²) in [5, 5.41) is 8.88. The van der Waals surface area contributed by atoms with Gasteiger partial charge in [-0.25, -0.2) is 9.18 Å². The molecule has 0 aliphatic heterocycles. The molecule has 2 nitrogen and oxygen atoms in total. The predicted molar refractivity (Wildman–Crippen MR) is 66.5 cm³/mol. The van der Waals surface area contributed by atoms with Gasteiger partial charge in [-0.15, -0.1) is 0 Å². The Labute approximate surface area is 106 Å². The maximum atomic E-state index is 13.6. The molecular formula is C13H8BrFO2. The lowest BCUT2D eigenvalue weighted by Gasteiger charge is -2.05. The molecule has 2 aromatic rings. The second-order valence-corrected chi connectivity index (χ2v) is 4.43. The first-order valence-electron chi connectivity index (χ1n) is 4.87. The average Bonchev–Trinajstić information content (AvgIpc) is 2.32. The Morgan fingerprint density at radius 2 is 1.94 bits per heavy atom. The minimum Gasteiger partial charge on any atom is -0.478 e. The second-order valence-electron chi connectivity index (χ2n) is 3.51. The molecule has 0 atom stereocenters. The maximum absolute atomic E-state index is 13.6. The van der Waals surface area contributed by atoms with Crippen molar-refractivity contribution in [1.29, 1.82) is 0 Å². The first-order valence-corrected chi connectivity index (χ1v) is 5.66. The highest BCUT2D eigenvalue weighted by Gasteiger charge is 2.08. The van der Waals surface area contributed by atoms with Crippen molar-refractivity contribution in [1.82, 2.24) is 0 Å². The Morgan fingerprint density at radius 1 is 1.18 bits per heavy atom. The zero-order valence-electron chi connectivity index (χ0n) is 8.65. The lowest BCUT2D eigenvalue weighted by molar-refractivity contribution is 0.0697. The molecule has 0 heterocycles. The van der Waals surface area contributed by atoms with Crippen LogP contribution < -0.4 is 0 Å². The highest BCUT2D eigenvalue weighted by molar-refractivity contribution is 9.10. The Bertz CT molecular complexity index is 581. The number of rotatable bonds is 2. The third-order valence-electron chi connectivity index (χ3n) is 2.35. The first kappa shape index (κ1) is 11.8. The Hall–Kier alpha value is -1.68. The van der Waals surface area contributed by atoms with Gasteiger partial charge in [0, 0.05) is 10.0 Å². The van der Waals surface area contributed by atoms with Crippen molar-refractivity contribution in [2.24, 2.45) is 0 Å². The van der Waals surface area contributed by atoms with Crippen LogP contribution >= 0.6 is 15.9 Å². The van der Waals surface area contributed by atoms with Crippen LogP contribution in [0.2, 0.25) is 0 Å². The quantitative estimate of drug-likeness (QED) is 0.910. The lowest BCUT2D eigenvalue weighted by Crippen LogP contribution is -1.96. The molecule has 0 unspecified atom stereocenters. The van der Waals surface area contributed by atoms with E-state index in [2.05, 4.69) is 15.9 Å². The van der Waals surface area contributed by atoms with Gasteiger partial charge in [0.2, 0.25) is 0 Å². The van der Waals surface area contributed by atoms with E-state index in [-0.39, 0.29) is 11.4 Å². The molecule has 4 heteroatoms. The monoisotopic (exact) mass is 294 g/mol. The van der Waals surface area contributed by atoms with Crippen LogP contribution in [0.5, 0.6) is 0 Å². The molecule has 2 rings (SSSR count). The number of hydrogen-bond acceptors (Lipinski definition) is 1. The standard InChI is InChI=1S/C13H8BrFO2/c14-10-4-5-12(15)11(7-10)8-2-1-3-9(6-8)13(16)17/h1-7H,(H,16,17). The summed E-state index contributed by atoms with van der Waals surface area (Å²) in [6, 6.07) is 10.8. The van der Waals surface area contributed by atoms with E-state index < -0.39 is 5.97 Å². The highest BCUT2D eigenvalue weighted by Crippen LogP contribution is 2.26. The number of aromatic carboxylic acids is 1. The number of halogens is 2. The number of benzene rings is 2. The van der Waals surface area contributed by atoms with Gasteiger partial charge in [0.25, 0.3) is 0 Å². The third-order valence-corrected chi connectivity index (χ3v) is 2.84. The summed E-state index contributed by atoms with van der Waals surface area (Å²) >= 11 is 3.26. The van der Waals surface area contributed by atoms with Crippen molar-refractivity contribution in [2.75, 3.05) is 0 Å². The van der Waals surface area contributed by atoms with Crippen LogP contribution in [-0.2, 0) is 0 Å². The summed E-state index contributed by atoms with van der Waals surface area (Å²) in [4.78, 5) is 10.8. The van der Waals surface area contributed by atoms with Crippen LogP contribution in [0.4, 0.5) is 4.39 Å². The summed E-state index contributed by atoms with van der Waals surface area (Å²) in [6.07, 6.45) is 0. The zero-order valence-corrected chi connectivity index (χ0v) is 10.2. The summed E-state index contributed by atoms with van der Waals surface area (Å²) in [5.41, 5.74) is 1.06. The molecule has 0 amide bonds. The van der Waals surface area contributed by atoms with Crippen LogP contribution in [0, 0.1) is 5.82 Å². The number of hydrogen-bond donors (Lipinski definition) is 1. The molecule has 86 valence electrons. The van der Waals surface area contributed by atoms with Gasteiger partial charge in [0.05, 0.1) is 5.56 Å². The smallest absolute Gasteiger partial charge is 0.335 e. The molecule has 0 spiro atoms. The molecule has 0 radical (unpaired) electrons. The molecule has 0 fully saturated rings. The summed E-state index contributed by atoms with van der Waals surface area (Å²) in [5.74, 6) is -1.40. The van der Waals surface area contributed by atoms with Crippen molar-refractivity contribution in [3.63, 3.8) is 0 Å². The van der Waals surface area contributed by atoms with Crippen LogP contribution in [0.25, 0.3) is 11.1 Å². The van der Waals surface area contributed by atoms with Crippen LogP contribution in [-0.4, -0.2) is 11.1 Å². The largest absolute Gasteiger partial charge is 0.478 e. The fourth-order valence-corrected chi connectivity index (χ4v) is 1.90. The van der Waals surface area contributed by atoms with E-state index in [1.54, 1.807) is 24.3 Å². The lowest BCUT2D eigenvalue weighted by atomic mass is 10.0. The van der Waals surface area contributed by atoms with E-state index in [4.69, 9.17) is 5.11 Å². The Kier molecular flexibility index (Phi) is 3.24. The molecule has 0 aliphatic rings. The van der Waals surface area contributed by atoms with E-state index in [1.165, 1.54) is 18.2 Å². The fraction of sp³-hybridized carbons (Fsp3) is 0. The molecule has 1 N–H and O–H groups in total. The second kappa shape index (κ2) is 4.67. The van der Waals surface area contributed by atoms with E-state index in [0.717, 1.165) is 4.47 Å². The van der Waals surface area contributed by atoms with Gasteiger partial charge in [-0.2, -0.15) is 0 Å². The van der Waals surface area contributed by atoms with E-state index >= 15 is 0 Å². The van der Waals surface area contributed by atoms with Crippen LogP contribution in [0.3, 0.4) is 0 Å². The zero-order chi connectivity index (χ0) is 12.4. The third kappa shape index (κ3) is 2.53. The van der Waals surface area contributed by atoms with Crippen LogP contribution in [0.15, 0.2) is 46.9 Å². The minimum atomic E-state index is -1.03. The minimum absolute atomic E-state index is 0.141. The molecule has 2 aromatic carbocycles. The highest BCUT2D eigenvalue weighted by atomic mass is 79.9. The van der Waals surface area contributed by atoms with Crippen molar-refractivity contribution < 1.29 is 14.3 Å². The van der Waals surface area contributed by atoms with Crippen molar-refractivity contribution in [2.45, 2.75) is 0 Å². The predicted octanol–water partition coefficient (Wildman–Crippen LogP) is 3.95. The fourth-order valence-electron chi connectivity index (χ4n) is 1.54.